The molecule has 3 aromatic rings. The zero-order valence-corrected chi connectivity index (χ0v) is 17.4. The molecular formula is C19H17Br2N3O3. The van der Waals surface area contributed by atoms with Crippen LogP contribution in [0.3, 0.4) is 0 Å². The fourth-order valence-corrected chi connectivity index (χ4v) is 3.76. The second kappa shape index (κ2) is 9.16. The van der Waals surface area contributed by atoms with Gasteiger partial charge in [-0.05, 0) is 58.4 Å². The Kier molecular flexibility index (Phi) is 6.65. The van der Waals surface area contributed by atoms with Crippen molar-refractivity contribution >= 4 is 43.2 Å². The van der Waals surface area contributed by atoms with Gasteiger partial charge in [-0.15, -0.1) is 0 Å². The van der Waals surface area contributed by atoms with Crippen LogP contribution in [0.2, 0.25) is 0 Å². The first-order valence-corrected chi connectivity index (χ1v) is 9.85. The molecule has 3 rings (SSSR count). The van der Waals surface area contributed by atoms with Crippen LogP contribution in [0, 0.1) is 10.1 Å². The molecule has 0 saturated carbocycles. The van der Waals surface area contributed by atoms with Gasteiger partial charge in [-0.25, -0.2) is 0 Å². The maximum atomic E-state index is 10.6. The molecule has 0 radical (unpaired) electrons. The molecule has 0 atom stereocenters. The van der Waals surface area contributed by atoms with Crippen LogP contribution in [0.25, 0.3) is 11.3 Å². The number of rotatable bonds is 8. The van der Waals surface area contributed by atoms with Gasteiger partial charge in [-0.1, -0.05) is 15.9 Å². The number of nitro groups is 1. The number of benzene rings is 2. The molecule has 0 spiro atoms. The SMILES string of the molecule is O=[N+]([O-])c1ccc(NCCNCc2ccc(-c3ccc(Br)cc3Br)o2)cc1. The van der Waals surface area contributed by atoms with Crippen molar-refractivity contribution in [3.8, 4) is 11.3 Å². The quantitative estimate of drug-likeness (QED) is 0.242. The number of hydrogen-bond donors (Lipinski definition) is 2. The third-order valence-electron chi connectivity index (χ3n) is 3.87. The number of nitrogens with one attached hydrogen (secondary N) is 2. The minimum absolute atomic E-state index is 0.0877. The molecule has 6 nitrogen and oxygen atoms in total. The topological polar surface area (TPSA) is 80.3 Å². The minimum Gasteiger partial charge on any atom is -0.460 e. The van der Waals surface area contributed by atoms with Crippen LogP contribution in [0.15, 0.2) is 68.0 Å². The summed E-state index contributed by atoms with van der Waals surface area (Å²) in [4.78, 5) is 10.2. The summed E-state index contributed by atoms with van der Waals surface area (Å²) < 4.78 is 7.88. The van der Waals surface area contributed by atoms with Gasteiger partial charge in [0.2, 0.25) is 0 Å². The summed E-state index contributed by atoms with van der Waals surface area (Å²) in [7, 11) is 0. The minimum atomic E-state index is -0.407. The van der Waals surface area contributed by atoms with Crippen LogP contribution < -0.4 is 10.6 Å². The van der Waals surface area contributed by atoms with E-state index >= 15 is 0 Å². The fourth-order valence-electron chi connectivity index (χ4n) is 2.51. The standard InChI is InChI=1S/C19H17Br2N3O3/c20-13-1-7-17(18(21)11-13)19-8-6-16(27-19)12-22-9-10-23-14-2-4-15(5-3-14)24(25)26/h1-8,11,22-23H,9-10,12H2. The fraction of sp³-hybridized carbons (Fsp3) is 0.158. The molecule has 0 bridgehead atoms. The number of furan rings is 1. The lowest BCUT2D eigenvalue weighted by Crippen LogP contribution is -2.21. The molecule has 0 aliphatic rings. The zero-order chi connectivity index (χ0) is 19.2. The van der Waals surface area contributed by atoms with E-state index < -0.39 is 4.92 Å². The van der Waals surface area contributed by atoms with Crippen molar-refractivity contribution in [3.05, 3.63) is 79.4 Å². The average Bonchev–Trinajstić information content (AvgIpc) is 3.10. The molecule has 27 heavy (non-hydrogen) atoms. The molecule has 0 saturated heterocycles. The summed E-state index contributed by atoms with van der Waals surface area (Å²) in [5.74, 6) is 1.67. The van der Waals surface area contributed by atoms with E-state index in [0.717, 1.165) is 38.3 Å². The molecule has 140 valence electrons. The van der Waals surface area contributed by atoms with Crippen molar-refractivity contribution in [2.24, 2.45) is 0 Å². The van der Waals surface area contributed by atoms with E-state index in [1.165, 1.54) is 12.1 Å². The number of nitrogens with zero attached hydrogens (tertiary/aromatic N) is 1. The average molecular weight is 495 g/mol. The van der Waals surface area contributed by atoms with Gasteiger partial charge in [-0.2, -0.15) is 0 Å². The summed E-state index contributed by atoms with van der Waals surface area (Å²) in [5, 5.41) is 17.2. The highest BCUT2D eigenvalue weighted by molar-refractivity contribution is 9.11. The van der Waals surface area contributed by atoms with Crippen LogP contribution in [0.5, 0.6) is 0 Å². The molecule has 1 heterocycles. The Balaban J connectivity index is 1.44. The van der Waals surface area contributed by atoms with Gasteiger partial charge in [0.25, 0.3) is 5.69 Å². The lowest BCUT2D eigenvalue weighted by atomic mass is 10.2. The van der Waals surface area contributed by atoms with Crippen molar-refractivity contribution in [3.63, 3.8) is 0 Å². The predicted molar refractivity (Wildman–Crippen MR) is 113 cm³/mol. The molecular weight excluding hydrogens is 478 g/mol. The normalized spacial score (nSPS) is 10.7. The third kappa shape index (κ3) is 5.41. The molecule has 2 N–H and O–H groups in total. The second-order valence-corrected chi connectivity index (χ2v) is 7.57. The first-order valence-electron chi connectivity index (χ1n) is 8.26. The van der Waals surface area contributed by atoms with Crippen molar-refractivity contribution < 1.29 is 9.34 Å². The Labute approximate surface area is 173 Å². The van der Waals surface area contributed by atoms with E-state index in [2.05, 4.69) is 42.5 Å². The zero-order valence-electron chi connectivity index (χ0n) is 14.2. The number of anilines is 1. The Hall–Kier alpha value is -2.16. The Morgan fingerprint density at radius 1 is 1.00 bits per heavy atom. The second-order valence-electron chi connectivity index (χ2n) is 5.80. The lowest BCUT2D eigenvalue weighted by molar-refractivity contribution is -0.384. The number of halogens is 2. The molecule has 0 aliphatic carbocycles. The molecule has 0 amide bonds. The first kappa shape index (κ1) is 19.6. The van der Waals surface area contributed by atoms with Crippen molar-refractivity contribution in [2.75, 3.05) is 18.4 Å². The van der Waals surface area contributed by atoms with Crippen LogP contribution in [0.1, 0.15) is 5.76 Å². The Bertz CT molecular complexity index is 926. The highest BCUT2D eigenvalue weighted by atomic mass is 79.9. The van der Waals surface area contributed by atoms with E-state index in [-0.39, 0.29) is 5.69 Å². The van der Waals surface area contributed by atoms with Gasteiger partial charge >= 0.3 is 0 Å². The number of nitro benzene ring substituents is 1. The van der Waals surface area contributed by atoms with Crippen LogP contribution in [-0.4, -0.2) is 18.0 Å². The van der Waals surface area contributed by atoms with E-state index in [9.17, 15) is 10.1 Å². The van der Waals surface area contributed by atoms with Gasteiger partial charge < -0.3 is 15.1 Å². The van der Waals surface area contributed by atoms with Gasteiger partial charge in [0.05, 0.1) is 11.5 Å². The summed E-state index contributed by atoms with van der Waals surface area (Å²) in [6.07, 6.45) is 0. The molecule has 8 heteroatoms. The smallest absolute Gasteiger partial charge is 0.269 e. The highest BCUT2D eigenvalue weighted by Gasteiger charge is 2.09. The highest BCUT2D eigenvalue weighted by Crippen LogP contribution is 2.31. The molecule has 0 aliphatic heterocycles. The van der Waals surface area contributed by atoms with E-state index in [0.29, 0.717) is 13.1 Å². The van der Waals surface area contributed by atoms with Gasteiger partial charge in [0.15, 0.2) is 0 Å². The lowest BCUT2D eigenvalue weighted by Gasteiger charge is -2.07. The van der Waals surface area contributed by atoms with Crippen molar-refractivity contribution in [2.45, 2.75) is 6.54 Å². The summed E-state index contributed by atoms with van der Waals surface area (Å²) in [6, 6.07) is 16.3. The van der Waals surface area contributed by atoms with Gasteiger partial charge in [-0.3, -0.25) is 10.1 Å². The summed E-state index contributed by atoms with van der Waals surface area (Å²) >= 11 is 6.99. The van der Waals surface area contributed by atoms with Crippen LogP contribution >= 0.6 is 31.9 Å². The van der Waals surface area contributed by atoms with Crippen molar-refractivity contribution in [1.29, 1.82) is 0 Å². The van der Waals surface area contributed by atoms with Gasteiger partial charge in [0.1, 0.15) is 11.5 Å². The Morgan fingerprint density at radius 2 is 1.78 bits per heavy atom. The maximum absolute atomic E-state index is 10.6. The van der Waals surface area contributed by atoms with E-state index in [1.807, 2.05) is 30.3 Å². The largest absolute Gasteiger partial charge is 0.460 e. The van der Waals surface area contributed by atoms with Crippen LogP contribution in [-0.2, 0) is 6.54 Å². The Morgan fingerprint density at radius 3 is 2.48 bits per heavy atom. The van der Waals surface area contributed by atoms with E-state index in [4.69, 9.17) is 4.42 Å². The van der Waals surface area contributed by atoms with Gasteiger partial charge in [0, 0.05) is 45.4 Å². The van der Waals surface area contributed by atoms with Crippen molar-refractivity contribution in [1.82, 2.24) is 5.32 Å². The van der Waals surface area contributed by atoms with Crippen LogP contribution in [0.4, 0.5) is 11.4 Å². The first-order chi connectivity index (χ1) is 13.0. The predicted octanol–water partition coefficient (Wildman–Crippen LogP) is 5.58. The molecule has 0 fully saturated rings. The summed E-state index contributed by atoms with van der Waals surface area (Å²) in [5.41, 5.74) is 1.94. The molecule has 2 aromatic carbocycles. The van der Waals surface area contributed by atoms with E-state index in [1.54, 1.807) is 12.1 Å². The molecule has 1 aromatic heterocycles. The maximum Gasteiger partial charge on any atom is 0.269 e. The molecule has 0 unspecified atom stereocenters. The monoisotopic (exact) mass is 493 g/mol. The number of hydrogen-bond acceptors (Lipinski definition) is 5. The summed E-state index contributed by atoms with van der Waals surface area (Å²) in [6.45, 7) is 2.05. The number of non-ortho nitro benzene ring substituents is 1. The third-order valence-corrected chi connectivity index (χ3v) is 5.02.